The summed E-state index contributed by atoms with van der Waals surface area (Å²) in [5.41, 5.74) is 7.11. The van der Waals surface area contributed by atoms with Crippen LogP contribution in [0.4, 0.5) is 0 Å². The predicted octanol–water partition coefficient (Wildman–Crippen LogP) is 15.0. The predicted molar refractivity (Wildman–Crippen MR) is 256 cm³/mol. The molecule has 0 aliphatic carbocycles. The van der Waals surface area contributed by atoms with Gasteiger partial charge in [-0.05, 0) is 62.1 Å². The summed E-state index contributed by atoms with van der Waals surface area (Å²) in [7, 11) is 0. The van der Waals surface area contributed by atoms with Gasteiger partial charge in [0.2, 0.25) is 0 Å². The van der Waals surface area contributed by atoms with E-state index in [4.69, 9.17) is 26.2 Å². The van der Waals surface area contributed by atoms with Gasteiger partial charge in [-0.2, -0.15) is 0 Å². The highest BCUT2D eigenvalue weighted by atomic mass is 16.3. The molecule has 288 valence electrons. The van der Waals surface area contributed by atoms with Gasteiger partial charge in [-0.1, -0.05) is 182 Å². The Bertz CT molecular complexity index is 4110. The van der Waals surface area contributed by atoms with Crippen molar-refractivity contribution >= 4 is 76.1 Å². The smallest absolute Gasteiger partial charge is 0.167 e. The molecule has 0 fully saturated rings. The fraction of sp³-hybridized carbons (Fsp3) is 0. The van der Waals surface area contributed by atoms with Gasteiger partial charge in [0, 0.05) is 43.9 Å². The first kappa shape index (κ1) is 29.7. The number of rotatable bonds is 5. The van der Waals surface area contributed by atoms with Gasteiger partial charge in [-0.15, -0.1) is 0 Å². The van der Waals surface area contributed by atoms with E-state index >= 15 is 0 Å². The fourth-order valence-corrected chi connectivity index (χ4v) is 9.46. The zero-order valence-corrected chi connectivity index (χ0v) is 32.9. The van der Waals surface area contributed by atoms with E-state index < -0.39 is 30.2 Å². The quantitative estimate of drug-likeness (QED) is 0.163. The van der Waals surface area contributed by atoms with Crippen molar-refractivity contribution in [1.82, 2.24) is 19.5 Å². The number of furan rings is 1. The summed E-state index contributed by atoms with van der Waals surface area (Å²) in [4.78, 5) is 15.0. The molecule has 3 aromatic heterocycles. The monoisotopic (exact) mass is 795 g/mol. The van der Waals surface area contributed by atoms with Crippen molar-refractivity contribution in [1.29, 1.82) is 0 Å². The summed E-state index contributed by atoms with van der Waals surface area (Å²) in [5.74, 6) is 0.434. The average Bonchev–Trinajstić information content (AvgIpc) is 3.93. The van der Waals surface area contributed by atoms with E-state index in [2.05, 4.69) is 132 Å². The maximum Gasteiger partial charge on any atom is 0.167 e. The second kappa shape index (κ2) is 13.6. The number of para-hydroxylation sites is 3. The molecule has 62 heavy (non-hydrogen) atoms. The van der Waals surface area contributed by atoms with E-state index in [1.54, 1.807) is 0 Å². The van der Waals surface area contributed by atoms with Gasteiger partial charge >= 0.3 is 0 Å². The van der Waals surface area contributed by atoms with Crippen molar-refractivity contribution in [2.45, 2.75) is 0 Å². The fourth-order valence-electron chi connectivity index (χ4n) is 9.46. The Labute approximate surface area is 362 Å². The van der Waals surface area contributed by atoms with E-state index in [1.165, 1.54) is 16.2 Å². The third kappa shape index (κ3) is 5.18. The molecule has 0 bridgehead atoms. The Morgan fingerprint density at radius 2 is 0.871 bits per heavy atom. The van der Waals surface area contributed by atoms with Crippen LogP contribution in [0.3, 0.4) is 0 Å². The lowest BCUT2D eigenvalue weighted by Crippen LogP contribution is -2.01. The summed E-state index contributed by atoms with van der Waals surface area (Å²) in [6.07, 6.45) is 0. The summed E-state index contributed by atoms with van der Waals surface area (Å²) in [5, 5.41) is 10.9. The number of nitrogens with zero attached hydrogens (tertiary/aromatic N) is 4. The van der Waals surface area contributed by atoms with Gasteiger partial charge in [0.25, 0.3) is 0 Å². The number of benzene rings is 10. The minimum Gasteiger partial charge on any atom is -0.455 e. The van der Waals surface area contributed by atoms with Crippen molar-refractivity contribution in [3.63, 3.8) is 0 Å². The molecule has 13 aromatic rings. The lowest BCUT2D eigenvalue weighted by Gasteiger charge is -2.14. The molecule has 5 nitrogen and oxygen atoms in total. The van der Waals surface area contributed by atoms with Gasteiger partial charge in [0.1, 0.15) is 11.2 Å². The molecule has 0 unspecified atom stereocenters. The Balaban J connectivity index is 1.16. The summed E-state index contributed by atoms with van der Waals surface area (Å²) in [6, 6.07) is 57.9. The van der Waals surface area contributed by atoms with Crippen molar-refractivity contribution in [2.24, 2.45) is 0 Å². The molecule has 0 radical (unpaired) electrons. The van der Waals surface area contributed by atoms with E-state index in [0.29, 0.717) is 22.3 Å². The van der Waals surface area contributed by atoms with Crippen LogP contribution in [-0.4, -0.2) is 19.5 Å². The maximum absolute atomic E-state index is 8.97. The van der Waals surface area contributed by atoms with Gasteiger partial charge in [0.05, 0.1) is 23.5 Å². The van der Waals surface area contributed by atoms with Crippen LogP contribution in [0.25, 0.3) is 127 Å². The topological polar surface area (TPSA) is 56.7 Å². The second-order valence-electron chi connectivity index (χ2n) is 15.5. The van der Waals surface area contributed by atoms with E-state index in [-0.39, 0.29) is 23.0 Å². The van der Waals surface area contributed by atoms with E-state index in [0.717, 1.165) is 65.6 Å². The molecule has 0 aliphatic rings. The molecule has 0 saturated carbocycles. The Morgan fingerprint density at radius 1 is 0.371 bits per heavy atom. The van der Waals surface area contributed by atoms with Crippen LogP contribution < -0.4 is 0 Å². The van der Waals surface area contributed by atoms with Crippen molar-refractivity contribution in [2.75, 3.05) is 0 Å². The van der Waals surface area contributed by atoms with Gasteiger partial charge < -0.3 is 8.98 Å². The molecule has 10 aromatic carbocycles. The number of hydrogen-bond donors (Lipinski definition) is 0. The normalized spacial score (nSPS) is 13.0. The molecule has 0 spiro atoms. The molecular weight excluding hydrogens is 757 g/mol. The first-order valence-corrected chi connectivity index (χ1v) is 20.5. The lowest BCUT2D eigenvalue weighted by molar-refractivity contribution is 0.670. The van der Waals surface area contributed by atoms with Gasteiger partial charge in [-0.25, -0.2) is 15.0 Å². The highest BCUT2D eigenvalue weighted by Gasteiger charge is 2.24. The summed E-state index contributed by atoms with van der Waals surface area (Å²) < 4.78 is 52.9. The molecule has 0 N–H and O–H groups in total. The second-order valence-corrected chi connectivity index (χ2v) is 15.5. The lowest BCUT2D eigenvalue weighted by atomic mass is 9.89. The van der Waals surface area contributed by atoms with Crippen molar-refractivity contribution in [3.05, 3.63) is 206 Å². The average molecular weight is 796 g/mol. The number of fused-ring (bicyclic) bond motifs is 12. The SMILES string of the molecule is [2H]c1c([2H])c([2H])c(-c2nc(-c3ccccc3)nc(-c3cc(-n4c5ccccc5c5ccccc54)cc4c3oc3c(-c5cccc6c7ccccc7c7ccccc7c56)cccc34)n2)c([2H])c1[2H]. The third-order valence-electron chi connectivity index (χ3n) is 12.1. The molecule has 5 heteroatoms. The van der Waals surface area contributed by atoms with Crippen LogP contribution in [0, 0.1) is 0 Å². The van der Waals surface area contributed by atoms with Crippen LogP contribution >= 0.6 is 0 Å². The Kier molecular flexibility index (Phi) is 6.51. The van der Waals surface area contributed by atoms with Crippen LogP contribution in [0.5, 0.6) is 0 Å². The van der Waals surface area contributed by atoms with Gasteiger partial charge in [0.15, 0.2) is 17.5 Å². The Hall–Kier alpha value is -8.41. The van der Waals surface area contributed by atoms with Crippen LogP contribution in [0.15, 0.2) is 211 Å². The third-order valence-corrected chi connectivity index (χ3v) is 12.1. The van der Waals surface area contributed by atoms with Crippen LogP contribution in [0.1, 0.15) is 6.85 Å². The van der Waals surface area contributed by atoms with Crippen molar-refractivity contribution < 1.29 is 11.3 Å². The van der Waals surface area contributed by atoms with Gasteiger partial charge in [-0.3, -0.25) is 0 Å². The zero-order chi connectivity index (χ0) is 45.1. The molecule has 0 saturated heterocycles. The molecule has 0 amide bonds. The highest BCUT2D eigenvalue weighted by Crippen LogP contribution is 2.46. The van der Waals surface area contributed by atoms with Crippen LogP contribution in [-0.2, 0) is 0 Å². The molecular formula is C57H34N4O. The molecule has 13 rings (SSSR count). The zero-order valence-electron chi connectivity index (χ0n) is 37.9. The number of hydrogen-bond acceptors (Lipinski definition) is 4. The first-order chi connectivity index (χ1) is 32.8. The van der Waals surface area contributed by atoms with Crippen LogP contribution in [0.2, 0.25) is 0 Å². The molecule has 0 aliphatic heterocycles. The summed E-state index contributed by atoms with van der Waals surface area (Å²) in [6.45, 7) is 0. The molecule has 0 atom stereocenters. The van der Waals surface area contributed by atoms with E-state index in [9.17, 15) is 0 Å². The highest BCUT2D eigenvalue weighted by molar-refractivity contribution is 6.29. The standard InChI is InChI=1S/C57H34N4O/c1-3-17-35(18-4-1)55-58-56(36-19-5-2-6-20-36)60-57(59-55)49-34-37(61-50-31-13-11-24-41(50)42-25-12-14-32-51(42)61)33-48-47-30-16-29-46(53(47)62-54(48)49)45-28-15-27-44-40-22-8-7-21-38(40)39-23-9-10-26-43(39)52(44)45/h1-34H/i1D,3D,4D,17D,18D. The van der Waals surface area contributed by atoms with Crippen molar-refractivity contribution in [3.8, 4) is 51.0 Å². The summed E-state index contributed by atoms with van der Waals surface area (Å²) >= 11 is 0. The Morgan fingerprint density at radius 3 is 1.55 bits per heavy atom. The largest absolute Gasteiger partial charge is 0.455 e. The minimum atomic E-state index is -0.498. The maximum atomic E-state index is 8.97. The first-order valence-electron chi connectivity index (χ1n) is 23.0. The minimum absolute atomic E-state index is 0.0528. The number of aromatic nitrogens is 4. The van der Waals surface area contributed by atoms with E-state index in [1.807, 2.05) is 48.5 Å². The molecule has 3 heterocycles.